The molecule has 0 bridgehead atoms. The first kappa shape index (κ1) is 26.3. The molecule has 0 aliphatic rings. The second-order valence-corrected chi connectivity index (χ2v) is 9.51. The van der Waals surface area contributed by atoms with Gasteiger partial charge in [-0.15, -0.1) is 0 Å². The molecule has 1 aromatic heterocycles. The first-order valence-electron chi connectivity index (χ1n) is 11.6. The molecule has 0 radical (unpaired) electrons. The van der Waals surface area contributed by atoms with Crippen molar-refractivity contribution in [3.8, 4) is 17.5 Å². The highest BCUT2D eigenvalue weighted by Crippen LogP contribution is 2.31. The third kappa shape index (κ3) is 5.94. The Morgan fingerprint density at radius 1 is 1.03 bits per heavy atom. The predicted molar refractivity (Wildman–Crippen MR) is 148 cm³/mol. The van der Waals surface area contributed by atoms with Gasteiger partial charge in [0.25, 0.3) is 11.6 Å². The van der Waals surface area contributed by atoms with Gasteiger partial charge < -0.3 is 14.6 Å². The fraction of sp³-hybridized carbons (Fsp3) is 0.103. The second-order valence-electron chi connectivity index (χ2n) is 8.36. The van der Waals surface area contributed by atoms with Crippen LogP contribution in [0.2, 0.25) is 0 Å². The van der Waals surface area contributed by atoms with E-state index < -0.39 is 10.8 Å². The number of amides is 1. The Balaban J connectivity index is 1.52. The SMILES string of the molecule is COc1ccc(NC(=O)/C(C#N)=C\c2cc(C)n(-c3ccc(Sc4ccc([N+](=O)[O-])cc4)cc3)c2C)cc1. The summed E-state index contributed by atoms with van der Waals surface area (Å²) in [6, 6.07) is 25.2. The van der Waals surface area contributed by atoms with Crippen LogP contribution in [0.25, 0.3) is 11.8 Å². The van der Waals surface area contributed by atoms with Gasteiger partial charge in [0.1, 0.15) is 17.4 Å². The summed E-state index contributed by atoms with van der Waals surface area (Å²) in [5.74, 6) is 0.180. The second kappa shape index (κ2) is 11.5. The van der Waals surface area contributed by atoms with E-state index in [1.165, 1.54) is 23.9 Å². The van der Waals surface area contributed by atoms with Crippen molar-refractivity contribution < 1.29 is 14.5 Å². The molecular formula is C29H24N4O4S. The van der Waals surface area contributed by atoms with Gasteiger partial charge in [-0.3, -0.25) is 14.9 Å². The lowest BCUT2D eigenvalue weighted by Gasteiger charge is -2.11. The summed E-state index contributed by atoms with van der Waals surface area (Å²) in [6.45, 7) is 3.90. The fourth-order valence-corrected chi connectivity index (χ4v) is 4.76. The maximum absolute atomic E-state index is 12.7. The smallest absolute Gasteiger partial charge is 0.269 e. The van der Waals surface area contributed by atoms with Crippen molar-refractivity contribution in [1.29, 1.82) is 5.26 Å². The van der Waals surface area contributed by atoms with Gasteiger partial charge >= 0.3 is 0 Å². The number of carbonyl (C=O) groups is 1. The highest BCUT2D eigenvalue weighted by atomic mass is 32.2. The minimum atomic E-state index is -0.491. The Morgan fingerprint density at radius 2 is 1.63 bits per heavy atom. The van der Waals surface area contributed by atoms with Gasteiger partial charge in [0, 0.05) is 44.7 Å². The highest BCUT2D eigenvalue weighted by Gasteiger charge is 2.14. The molecule has 4 aromatic rings. The Hall–Kier alpha value is -4.81. The number of nitrogens with one attached hydrogen (secondary N) is 1. The lowest BCUT2D eigenvalue weighted by molar-refractivity contribution is -0.384. The molecule has 0 atom stereocenters. The summed E-state index contributed by atoms with van der Waals surface area (Å²) in [7, 11) is 1.57. The van der Waals surface area contributed by atoms with Crippen molar-refractivity contribution >= 4 is 35.1 Å². The number of hydrogen-bond donors (Lipinski definition) is 1. The average Bonchev–Trinajstić information content (AvgIpc) is 3.20. The molecule has 0 aliphatic heterocycles. The van der Waals surface area contributed by atoms with Crippen LogP contribution >= 0.6 is 11.8 Å². The number of benzene rings is 3. The molecule has 0 spiro atoms. The van der Waals surface area contributed by atoms with Gasteiger partial charge in [0.2, 0.25) is 0 Å². The van der Waals surface area contributed by atoms with Gasteiger partial charge in [-0.05, 0) is 92.2 Å². The van der Waals surface area contributed by atoms with E-state index in [0.29, 0.717) is 11.4 Å². The van der Waals surface area contributed by atoms with Crippen LogP contribution in [0, 0.1) is 35.3 Å². The number of carbonyl (C=O) groups excluding carboxylic acids is 1. The van der Waals surface area contributed by atoms with E-state index in [0.717, 1.165) is 32.4 Å². The van der Waals surface area contributed by atoms with Crippen LogP contribution < -0.4 is 10.1 Å². The number of aromatic nitrogens is 1. The van der Waals surface area contributed by atoms with Crippen LogP contribution in [0.15, 0.2) is 94.2 Å². The van der Waals surface area contributed by atoms with E-state index in [2.05, 4.69) is 9.88 Å². The molecule has 0 unspecified atom stereocenters. The molecule has 1 amide bonds. The monoisotopic (exact) mass is 524 g/mol. The number of aryl methyl sites for hydroxylation is 1. The van der Waals surface area contributed by atoms with Gasteiger partial charge in [-0.2, -0.15) is 5.26 Å². The Bertz CT molecular complexity index is 1550. The molecular weight excluding hydrogens is 500 g/mol. The fourth-order valence-electron chi connectivity index (χ4n) is 3.94. The van der Waals surface area contributed by atoms with Gasteiger partial charge in [-0.25, -0.2) is 0 Å². The van der Waals surface area contributed by atoms with Crippen molar-refractivity contribution in [1.82, 2.24) is 4.57 Å². The largest absolute Gasteiger partial charge is 0.497 e. The highest BCUT2D eigenvalue weighted by molar-refractivity contribution is 7.99. The van der Waals surface area contributed by atoms with Gasteiger partial charge in [-0.1, -0.05) is 11.8 Å². The number of anilines is 1. The van der Waals surface area contributed by atoms with E-state index in [1.54, 1.807) is 49.6 Å². The minimum Gasteiger partial charge on any atom is -0.497 e. The lowest BCUT2D eigenvalue weighted by atomic mass is 10.1. The average molecular weight is 525 g/mol. The van der Waals surface area contributed by atoms with E-state index >= 15 is 0 Å². The number of non-ortho nitro benzene ring substituents is 1. The van der Waals surface area contributed by atoms with E-state index in [4.69, 9.17) is 4.74 Å². The molecule has 3 aromatic carbocycles. The first-order chi connectivity index (χ1) is 18.3. The molecule has 38 heavy (non-hydrogen) atoms. The number of ether oxygens (including phenoxy) is 1. The number of nitro benzene ring substituents is 1. The van der Waals surface area contributed by atoms with Gasteiger partial charge in [0.15, 0.2) is 0 Å². The third-order valence-electron chi connectivity index (χ3n) is 5.86. The maximum atomic E-state index is 12.7. The Morgan fingerprint density at radius 3 is 2.18 bits per heavy atom. The molecule has 190 valence electrons. The maximum Gasteiger partial charge on any atom is 0.269 e. The minimum absolute atomic E-state index is 0.00378. The number of methoxy groups -OCH3 is 1. The summed E-state index contributed by atoms with van der Waals surface area (Å²) in [6.07, 6.45) is 1.59. The van der Waals surface area contributed by atoms with Crippen molar-refractivity contribution in [2.45, 2.75) is 23.6 Å². The first-order valence-corrected chi connectivity index (χ1v) is 12.4. The van der Waals surface area contributed by atoms with Crippen LogP contribution in [0.4, 0.5) is 11.4 Å². The van der Waals surface area contributed by atoms with Crippen LogP contribution in [0.5, 0.6) is 5.75 Å². The lowest BCUT2D eigenvalue weighted by Crippen LogP contribution is -2.13. The molecule has 8 nitrogen and oxygen atoms in total. The number of hydrogen-bond acceptors (Lipinski definition) is 6. The Kier molecular flexibility index (Phi) is 7.94. The molecule has 1 heterocycles. The zero-order chi connectivity index (χ0) is 27.2. The quantitative estimate of drug-likeness (QED) is 0.119. The number of nitriles is 1. The predicted octanol–water partition coefficient (Wildman–Crippen LogP) is 6.71. The molecule has 0 saturated heterocycles. The standard InChI is InChI=1S/C29H24N4O4S/c1-19-16-21(17-22(18-30)29(34)31-23-4-10-26(37-3)11-5-23)20(2)32(19)24-6-12-27(13-7-24)38-28-14-8-25(9-15-28)33(35)36/h4-17H,1-3H3,(H,31,34)/b22-17-. The summed E-state index contributed by atoms with van der Waals surface area (Å²) in [4.78, 5) is 25.1. The Labute approximate surface area is 224 Å². The zero-order valence-electron chi connectivity index (χ0n) is 21.0. The third-order valence-corrected chi connectivity index (χ3v) is 6.88. The summed E-state index contributed by atoms with van der Waals surface area (Å²) >= 11 is 1.51. The van der Waals surface area contributed by atoms with Gasteiger partial charge in [0.05, 0.1) is 12.0 Å². The number of rotatable bonds is 8. The summed E-state index contributed by atoms with van der Waals surface area (Å²) in [5.41, 5.74) is 4.18. The van der Waals surface area contributed by atoms with Crippen molar-refractivity contribution in [3.63, 3.8) is 0 Å². The molecule has 0 saturated carbocycles. The molecule has 0 aliphatic carbocycles. The zero-order valence-corrected chi connectivity index (χ0v) is 21.8. The van der Waals surface area contributed by atoms with Crippen molar-refractivity contribution in [2.24, 2.45) is 0 Å². The molecule has 0 fully saturated rings. The number of nitro groups is 1. The van der Waals surface area contributed by atoms with Crippen LogP contribution in [0.1, 0.15) is 17.0 Å². The normalized spacial score (nSPS) is 11.1. The summed E-state index contributed by atoms with van der Waals surface area (Å²) in [5, 5.41) is 23.3. The van der Waals surface area contributed by atoms with Crippen LogP contribution in [-0.4, -0.2) is 22.5 Å². The van der Waals surface area contributed by atoms with Crippen molar-refractivity contribution in [2.75, 3.05) is 12.4 Å². The van der Waals surface area contributed by atoms with Crippen LogP contribution in [-0.2, 0) is 4.79 Å². The number of nitrogens with zero attached hydrogens (tertiary/aromatic N) is 3. The van der Waals surface area contributed by atoms with E-state index in [9.17, 15) is 20.2 Å². The van der Waals surface area contributed by atoms with E-state index in [1.807, 2.05) is 50.2 Å². The van der Waals surface area contributed by atoms with E-state index in [-0.39, 0.29) is 11.3 Å². The van der Waals surface area contributed by atoms with Crippen LogP contribution in [0.3, 0.4) is 0 Å². The molecule has 9 heteroatoms. The van der Waals surface area contributed by atoms with Crippen molar-refractivity contribution in [3.05, 3.63) is 112 Å². The molecule has 4 rings (SSSR count). The summed E-state index contributed by atoms with van der Waals surface area (Å²) < 4.78 is 7.19. The topological polar surface area (TPSA) is 110 Å². The molecule has 1 N–H and O–H groups in total.